The van der Waals surface area contributed by atoms with Gasteiger partial charge in [0.2, 0.25) is 0 Å². The lowest BCUT2D eigenvalue weighted by Crippen LogP contribution is -2.39. The van der Waals surface area contributed by atoms with Crippen molar-refractivity contribution in [2.24, 2.45) is 5.16 Å². The molecular weight excluding hydrogens is 140 g/mol. The molecule has 0 amide bonds. The van der Waals surface area contributed by atoms with Crippen LogP contribution in [0.25, 0.3) is 0 Å². The van der Waals surface area contributed by atoms with Crippen LogP contribution in [0.15, 0.2) is 17.3 Å². The highest BCUT2D eigenvalue weighted by Crippen LogP contribution is 2.18. The Morgan fingerprint density at radius 3 is 2.64 bits per heavy atom. The van der Waals surface area contributed by atoms with Crippen molar-refractivity contribution >= 4 is 5.71 Å². The molecule has 0 aromatic heterocycles. The normalized spacial score (nSPS) is 34.1. The Morgan fingerprint density at radius 2 is 2.09 bits per heavy atom. The molecule has 2 unspecified atom stereocenters. The summed E-state index contributed by atoms with van der Waals surface area (Å²) >= 11 is 0. The Balaban J connectivity index is 2.06. The molecule has 0 radical (unpaired) electrons. The van der Waals surface area contributed by atoms with E-state index in [1.807, 2.05) is 0 Å². The minimum atomic E-state index is 0.502. The lowest BCUT2D eigenvalue weighted by atomic mass is 10.0. The maximum atomic E-state index is 4.74. The van der Waals surface area contributed by atoms with Crippen LogP contribution in [0.4, 0.5) is 0 Å². The molecule has 2 aliphatic rings. The summed E-state index contributed by atoms with van der Waals surface area (Å²) in [6.07, 6.45) is 6.42. The van der Waals surface area contributed by atoms with Crippen molar-refractivity contribution < 1.29 is 4.84 Å². The maximum absolute atomic E-state index is 4.74. The average molecular weight is 152 g/mol. The average Bonchev–Trinajstić information content (AvgIpc) is 2.32. The summed E-state index contributed by atoms with van der Waals surface area (Å²) in [6.45, 7) is 0. The summed E-state index contributed by atoms with van der Waals surface area (Å²) in [6, 6.07) is 1.00. The Labute approximate surface area is 66.1 Å². The van der Waals surface area contributed by atoms with E-state index >= 15 is 0 Å². The first kappa shape index (κ1) is 6.85. The first-order chi connectivity index (χ1) is 5.38. The second kappa shape index (κ2) is 2.66. The Kier molecular flexibility index (Phi) is 1.66. The standard InChI is InChI=1S/C8H12N2O/c1-11-10-8-4-6-2-3-7(5-8)9-6/h2-3,6-7,9H,4-5H2,1H3. The number of hydrogen-bond acceptors (Lipinski definition) is 3. The van der Waals surface area contributed by atoms with Gasteiger partial charge < -0.3 is 10.2 Å². The van der Waals surface area contributed by atoms with Crippen molar-refractivity contribution in [3.63, 3.8) is 0 Å². The zero-order valence-corrected chi connectivity index (χ0v) is 6.58. The molecule has 0 aromatic rings. The van der Waals surface area contributed by atoms with E-state index in [0.29, 0.717) is 12.1 Å². The molecule has 1 fully saturated rings. The molecular formula is C8H12N2O. The van der Waals surface area contributed by atoms with E-state index in [1.54, 1.807) is 7.11 Å². The molecule has 2 heterocycles. The predicted octanol–water partition coefficient (Wildman–Crippen LogP) is 0.679. The zero-order valence-electron chi connectivity index (χ0n) is 6.58. The van der Waals surface area contributed by atoms with Gasteiger partial charge in [-0.1, -0.05) is 17.3 Å². The van der Waals surface area contributed by atoms with E-state index in [-0.39, 0.29) is 0 Å². The van der Waals surface area contributed by atoms with E-state index < -0.39 is 0 Å². The summed E-state index contributed by atoms with van der Waals surface area (Å²) in [7, 11) is 1.60. The van der Waals surface area contributed by atoms with Crippen LogP contribution in [0.3, 0.4) is 0 Å². The molecule has 2 aliphatic heterocycles. The van der Waals surface area contributed by atoms with Crippen LogP contribution in [-0.4, -0.2) is 24.9 Å². The van der Waals surface area contributed by atoms with E-state index in [9.17, 15) is 0 Å². The molecule has 60 valence electrons. The van der Waals surface area contributed by atoms with Gasteiger partial charge in [0.15, 0.2) is 0 Å². The number of fused-ring (bicyclic) bond motifs is 2. The van der Waals surface area contributed by atoms with E-state index in [1.165, 1.54) is 5.71 Å². The number of rotatable bonds is 1. The molecule has 1 saturated heterocycles. The van der Waals surface area contributed by atoms with Crippen LogP contribution >= 0.6 is 0 Å². The van der Waals surface area contributed by atoms with Gasteiger partial charge in [-0.05, 0) is 0 Å². The number of nitrogens with zero attached hydrogens (tertiary/aromatic N) is 1. The van der Waals surface area contributed by atoms with Crippen molar-refractivity contribution in [1.29, 1.82) is 0 Å². The minimum absolute atomic E-state index is 0.502. The molecule has 3 nitrogen and oxygen atoms in total. The summed E-state index contributed by atoms with van der Waals surface area (Å²) in [5.74, 6) is 0. The summed E-state index contributed by atoms with van der Waals surface area (Å²) in [5.41, 5.74) is 1.17. The molecule has 2 atom stereocenters. The molecule has 2 rings (SSSR count). The van der Waals surface area contributed by atoms with Crippen LogP contribution in [-0.2, 0) is 4.84 Å². The van der Waals surface area contributed by atoms with E-state index in [4.69, 9.17) is 4.84 Å². The van der Waals surface area contributed by atoms with Crippen molar-refractivity contribution in [1.82, 2.24) is 5.32 Å². The fourth-order valence-corrected chi connectivity index (χ4v) is 1.70. The van der Waals surface area contributed by atoms with Crippen LogP contribution in [0.5, 0.6) is 0 Å². The second-order valence-electron chi connectivity index (χ2n) is 3.01. The second-order valence-corrected chi connectivity index (χ2v) is 3.01. The van der Waals surface area contributed by atoms with Gasteiger partial charge >= 0.3 is 0 Å². The lowest BCUT2D eigenvalue weighted by molar-refractivity contribution is 0.210. The van der Waals surface area contributed by atoms with Crippen LogP contribution in [0, 0.1) is 0 Å². The maximum Gasteiger partial charge on any atom is 0.106 e. The van der Waals surface area contributed by atoms with Crippen LogP contribution in [0.1, 0.15) is 12.8 Å². The highest BCUT2D eigenvalue weighted by Gasteiger charge is 2.26. The van der Waals surface area contributed by atoms with Gasteiger partial charge in [0, 0.05) is 24.9 Å². The number of piperidine rings is 1. The van der Waals surface area contributed by atoms with Gasteiger partial charge in [-0.15, -0.1) is 0 Å². The topological polar surface area (TPSA) is 33.6 Å². The molecule has 0 spiro atoms. The van der Waals surface area contributed by atoms with Gasteiger partial charge in [-0.2, -0.15) is 0 Å². The number of nitrogens with one attached hydrogen (secondary N) is 1. The van der Waals surface area contributed by atoms with Crippen molar-refractivity contribution in [3.05, 3.63) is 12.2 Å². The molecule has 3 heteroatoms. The first-order valence-corrected chi connectivity index (χ1v) is 3.92. The zero-order chi connectivity index (χ0) is 7.68. The van der Waals surface area contributed by atoms with E-state index in [0.717, 1.165) is 12.8 Å². The number of hydrogen-bond donors (Lipinski definition) is 1. The van der Waals surface area contributed by atoms with Gasteiger partial charge in [0.25, 0.3) is 0 Å². The summed E-state index contributed by atoms with van der Waals surface area (Å²) in [4.78, 5) is 4.74. The van der Waals surface area contributed by atoms with Crippen molar-refractivity contribution in [3.8, 4) is 0 Å². The minimum Gasteiger partial charge on any atom is -0.399 e. The van der Waals surface area contributed by atoms with Crippen molar-refractivity contribution in [2.75, 3.05) is 7.11 Å². The Morgan fingerprint density at radius 1 is 1.45 bits per heavy atom. The monoisotopic (exact) mass is 152 g/mol. The number of oxime groups is 1. The highest BCUT2D eigenvalue weighted by molar-refractivity contribution is 5.87. The largest absolute Gasteiger partial charge is 0.399 e. The van der Waals surface area contributed by atoms with Crippen molar-refractivity contribution in [2.45, 2.75) is 24.9 Å². The molecule has 0 saturated carbocycles. The first-order valence-electron chi connectivity index (χ1n) is 3.92. The SMILES string of the molecule is CON=C1CC2C=CC(C1)N2. The fraction of sp³-hybridized carbons (Fsp3) is 0.625. The summed E-state index contributed by atoms with van der Waals surface area (Å²) < 4.78 is 0. The third-order valence-corrected chi connectivity index (χ3v) is 2.14. The third kappa shape index (κ3) is 1.28. The lowest BCUT2D eigenvalue weighted by Gasteiger charge is -2.21. The third-order valence-electron chi connectivity index (χ3n) is 2.14. The predicted molar refractivity (Wildman–Crippen MR) is 43.5 cm³/mol. The molecule has 0 aromatic carbocycles. The quantitative estimate of drug-likeness (QED) is 0.443. The van der Waals surface area contributed by atoms with Crippen LogP contribution in [0.2, 0.25) is 0 Å². The van der Waals surface area contributed by atoms with Gasteiger partial charge in [-0.25, -0.2) is 0 Å². The van der Waals surface area contributed by atoms with E-state index in [2.05, 4.69) is 22.6 Å². The van der Waals surface area contributed by atoms with Gasteiger partial charge in [0.05, 0.1) is 5.71 Å². The van der Waals surface area contributed by atoms with Crippen LogP contribution < -0.4 is 5.32 Å². The highest BCUT2D eigenvalue weighted by atomic mass is 16.6. The fourth-order valence-electron chi connectivity index (χ4n) is 1.70. The van der Waals surface area contributed by atoms with Gasteiger partial charge in [0.1, 0.15) is 7.11 Å². The Bertz CT molecular complexity index is 194. The Hall–Kier alpha value is -0.830. The molecule has 11 heavy (non-hydrogen) atoms. The molecule has 1 N–H and O–H groups in total. The molecule has 0 aliphatic carbocycles. The molecule has 2 bridgehead atoms. The smallest absolute Gasteiger partial charge is 0.106 e. The summed E-state index contributed by atoms with van der Waals surface area (Å²) in [5, 5.41) is 7.39. The van der Waals surface area contributed by atoms with Gasteiger partial charge in [-0.3, -0.25) is 0 Å².